The number of nitrogens with zero attached hydrogens (tertiary/aromatic N) is 4. The number of carbonyl (C=O) groups is 1. The van der Waals surface area contributed by atoms with Gasteiger partial charge in [0, 0.05) is 24.5 Å². The number of carbonyl (C=O) groups excluding carboxylic acids is 1. The molecule has 0 N–H and O–H groups in total. The number of hydrogen-bond acceptors (Lipinski definition) is 4. The zero-order chi connectivity index (χ0) is 25.7. The molecule has 1 atom stereocenters. The van der Waals surface area contributed by atoms with Crippen molar-refractivity contribution in [3.8, 4) is 5.69 Å². The third kappa shape index (κ3) is 5.98. The Balaban J connectivity index is 1.80. The van der Waals surface area contributed by atoms with Gasteiger partial charge in [-0.2, -0.15) is 0 Å². The van der Waals surface area contributed by atoms with Crippen LogP contribution in [0.2, 0.25) is 5.02 Å². The summed E-state index contributed by atoms with van der Waals surface area (Å²) in [7, 11) is 4.02. The second-order valence-electron chi connectivity index (χ2n) is 10.1. The summed E-state index contributed by atoms with van der Waals surface area (Å²) in [6.45, 7) is 3.37. The van der Waals surface area contributed by atoms with E-state index in [9.17, 15) is 9.59 Å². The van der Waals surface area contributed by atoms with Crippen LogP contribution >= 0.6 is 11.6 Å². The summed E-state index contributed by atoms with van der Waals surface area (Å²) < 4.78 is 1.65. The van der Waals surface area contributed by atoms with E-state index in [0.29, 0.717) is 52.7 Å². The molecule has 0 bridgehead atoms. The molecule has 7 heteroatoms. The van der Waals surface area contributed by atoms with Gasteiger partial charge in [0.15, 0.2) is 0 Å². The number of amides is 1. The van der Waals surface area contributed by atoms with Crippen LogP contribution in [0.5, 0.6) is 0 Å². The minimum Gasteiger partial charge on any atom is -0.331 e. The zero-order valence-electron chi connectivity index (χ0n) is 21.6. The molecule has 6 nitrogen and oxygen atoms in total. The van der Waals surface area contributed by atoms with Crippen LogP contribution in [0.25, 0.3) is 16.6 Å². The molecule has 2 aromatic carbocycles. The molecule has 1 amide bonds. The number of hydrogen-bond donors (Lipinski definition) is 0. The van der Waals surface area contributed by atoms with E-state index in [1.165, 1.54) is 25.7 Å². The molecule has 0 saturated heterocycles. The third-order valence-electron chi connectivity index (χ3n) is 7.28. The maximum atomic E-state index is 13.8. The van der Waals surface area contributed by atoms with Gasteiger partial charge in [-0.05, 0) is 63.2 Å². The Labute approximate surface area is 218 Å². The van der Waals surface area contributed by atoms with Crippen molar-refractivity contribution < 1.29 is 4.79 Å². The Morgan fingerprint density at radius 2 is 1.86 bits per heavy atom. The molecule has 1 saturated carbocycles. The van der Waals surface area contributed by atoms with Crippen molar-refractivity contribution >= 4 is 28.4 Å². The average Bonchev–Trinajstić information content (AvgIpc) is 3.39. The molecule has 1 heterocycles. The van der Waals surface area contributed by atoms with E-state index in [0.717, 1.165) is 13.0 Å². The molecular formula is C29H37ClN4O2. The molecule has 4 rings (SSSR count). The number of para-hydroxylation sites is 1. The summed E-state index contributed by atoms with van der Waals surface area (Å²) in [6, 6.07) is 14.3. The fourth-order valence-electron chi connectivity index (χ4n) is 5.31. The molecule has 0 spiro atoms. The van der Waals surface area contributed by atoms with E-state index in [1.807, 2.05) is 49.3 Å². The van der Waals surface area contributed by atoms with E-state index in [1.54, 1.807) is 22.8 Å². The van der Waals surface area contributed by atoms with Gasteiger partial charge in [0.05, 0.1) is 22.6 Å². The number of halogens is 1. The molecule has 0 aliphatic heterocycles. The maximum absolute atomic E-state index is 13.8. The molecule has 192 valence electrons. The predicted molar refractivity (Wildman–Crippen MR) is 147 cm³/mol. The van der Waals surface area contributed by atoms with Gasteiger partial charge in [0.2, 0.25) is 5.91 Å². The predicted octanol–water partition coefficient (Wildman–Crippen LogP) is 5.85. The number of fused-ring (bicyclic) bond motifs is 1. The summed E-state index contributed by atoms with van der Waals surface area (Å²) >= 11 is 6.33. The van der Waals surface area contributed by atoms with Crippen LogP contribution in [-0.2, 0) is 4.79 Å². The summed E-state index contributed by atoms with van der Waals surface area (Å²) in [4.78, 5) is 36.5. The maximum Gasteiger partial charge on any atom is 0.266 e. The molecule has 1 aromatic heterocycles. The van der Waals surface area contributed by atoms with E-state index >= 15 is 0 Å². The Kier molecular flexibility index (Phi) is 8.81. The summed E-state index contributed by atoms with van der Waals surface area (Å²) in [5, 5.41) is 1.09. The first-order valence-electron chi connectivity index (χ1n) is 13.1. The first-order chi connectivity index (χ1) is 17.4. The first kappa shape index (κ1) is 26.4. The van der Waals surface area contributed by atoms with Crippen molar-refractivity contribution in [3.05, 3.63) is 69.7 Å². The minimum atomic E-state index is -0.336. The van der Waals surface area contributed by atoms with Crippen LogP contribution in [0.3, 0.4) is 0 Å². The van der Waals surface area contributed by atoms with E-state index in [-0.39, 0.29) is 17.5 Å². The smallest absolute Gasteiger partial charge is 0.266 e. The number of likely N-dealkylation sites (N-methyl/N-ethyl adjacent to an activating group) is 1. The Hall–Kier alpha value is -2.70. The summed E-state index contributed by atoms with van der Waals surface area (Å²) in [6.07, 6.45) is 7.10. The van der Waals surface area contributed by atoms with E-state index < -0.39 is 0 Å². The highest BCUT2D eigenvalue weighted by atomic mass is 35.5. The number of aromatic nitrogens is 2. The lowest BCUT2D eigenvalue weighted by Crippen LogP contribution is -2.41. The molecule has 1 unspecified atom stereocenters. The van der Waals surface area contributed by atoms with Crippen LogP contribution in [-0.4, -0.2) is 52.4 Å². The van der Waals surface area contributed by atoms with Crippen molar-refractivity contribution in [2.24, 2.45) is 5.92 Å². The minimum absolute atomic E-state index is 0.135. The lowest BCUT2D eigenvalue weighted by atomic mass is 10.0. The molecule has 0 radical (unpaired) electrons. The van der Waals surface area contributed by atoms with Crippen molar-refractivity contribution in [1.29, 1.82) is 0 Å². The van der Waals surface area contributed by atoms with Gasteiger partial charge in [0.1, 0.15) is 5.82 Å². The van der Waals surface area contributed by atoms with Gasteiger partial charge in [-0.25, -0.2) is 4.98 Å². The largest absolute Gasteiger partial charge is 0.331 e. The lowest BCUT2D eigenvalue weighted by Gasteiger charge is -2.33. The highest BCUT2D eigenvalue weighted by Gasteiger charge is 2.29. The average molecular weight is 509 g/mol. The molecule has 1 aliphatic rings. The SMILES string of the molecule is CCC(c1nc2ccccc2c(=O)n1-c1cccc(Cl)c1)N(CCN(C)C)C(=O)CCC1CCCC1. The standard InChI is InChI=1S/C29H37ClN4O2/c1-4-26(33(19-18-32(2)3)27(35)17-16-21-10-5-6-11-21)28-31-25-15-8-7-14-24(25)29(36)34(28)23-13-9-12-22(30)20-23/h7-9,12-15,20-21,26H,4-6,10-11,16-19H2,1-3H3. The van der Waals surface area contributed by atoms with Crippen LogP contribution in [0, 0.1) is 5.92 Å². The molecule has 36 heavy (non-hydrogen) atoms. The van der Waals surface area contributed by atoms with Crippen LogP contribution in [0.4, 0.5) is 0 Å². The highest BCUT2D eigenvalue weighted by molar-refractivity contribution is 6.30. The van der Waals surface area contributed by atoms with E-state index in [2.05, 4.69) is 11.8 Å². The normalized spacial score (nSPS) is 15.0. The topological polar surface area (TPSA) is 58.4 Å². The monoisotopic (exact) mass is 508 g/mol. The second kappa shape index (κ2) is 12.0. The van der Waals surface area contributed by atoms with Crippen LogP contribution < -0.4 is 5.56 Å². The molecule has 1 aliphatic carbocycles. The van der Waals surface area contributed by atoms with Gasteiger partial charge in [0.25, 0.3) is 5.56 Å². The van der Waals surface area contributed by atoms with Crippen LogP contribution in [0.1, 0.15) is 63.7 Å². The molecular weight excluding hydrogens is 472 g/mol. The summed E-state index contributed by atoms with van der Waals surface area (Å²) in [5.41, 5.74) is 1.15. The molecule has 3 aromatic rings. The van der Waals surface area contributed by atoms with Crippen molar-refractivity contribution in [2.45, 2.75) is 57.9 Å². The van der Waals surface area contributed by atoms with Gasteiger partial charge >= 0.3 is 0 Å². The Morgan fingerprint density at radius 1 is 1.11 bits per heavy atom. The third-order valence-corrected chi connectivity index (χ3v) is 7.51. The quantitative estimate of drug-likeness (QED) is 0.344. The fraction of sp³-hybridized carbons (Fsp3) is 0.483. The van der Waals surface area contributed by atoms with Gasteiger partial charge < -0.3 is 9.80 Å². The number of rotatable bonds is 10. The zero-order valence-corrected chi connectivity index (χ0v) is 22.4. The van der Waals surface area contributed by atoms with Gasteiger partial charge in [-0.3, -0.25) is 14.2 Å². The van der Waals surface area contributed by atoms with Gasteiger partial charge in [-0.1, -0.05) is 62.4 Å². The second-order valence-corrected chi connectivity index (χ2v) is 10.5. The highest BCUT2D eigenvalue weighted by Crippen LogP contribution is 2.31. The number of benzene rings is 2. The van der Waals surface area contributed by atoms with E-state index in [4.69, 9.17) is 16.6 Å². The first-order valence-corrected chi connectivity index (χ1v) is 13.5. The fourth-order valence-corrected chi connectivity index (χ4v) is 5.50. The van der Waals surface area contributed by atoms with Gasteiger partial charge in [-0.15, -0.1) is 0 Å². The Morgan fingerprint density at radius 3 is 2.56 bits per heavy atom. The lowest BCUT2D eigenvalue weighted by molar-refractivity contribution is -0.134. The van der Waals surface area contributed by atoms with Crippen molar-refractivity contribution in [1.82, 2.24) is 19.4 Å². The summed E-state index contributed by atoms with van der Waals surface area (Å²) in [5.74, 6) is 1.36. The van der Waals surface area contributed by atoms with Crippen molar-refractivity contribution in [3.63, 3.8) is 0 Å². The van der Waals surface area contributed by atoms with Crippen LogP contribution in [0.15, 0.2) is 53.3 Å². The molecule has 1 fully saturated rings. The Bertz CT molecular complexity index is 1250. The van der Waals surface area contributed by atoms with Crippen molar-refractivity contribution in [2.75, 3.05) is 27.2 Å².